The molecule has 3 aromatic rings. The van der Waals surface area contributed by atoms with Crippen molar-refractivity contribution in [3.63, 3.8) is 0 Å². The number of hydrogen-bond donors (Lipinski definition) is 0. The maximum atomic E-state index is 12.3. The van der Waals surface area contributed by atoms with Crippen molar-refractivity contribution in [1.29, 1.82) is 0 Å². The van der Waals surface area contributed by atoms with Crippen molar-refractivity contribution in [1.82, 2.24) is 19.2 Å². The number of ether oxygens (including phenoxy) is 1. The third-order valence-corrected chi connectivity index (χ3v) is 4.22. The summed E-state index contributed by atoms with van der Waals surface area (Å²) in [6, 6.07) is 4.00. The van der Waals surface area contributed by atoms with Crippen LogP contribution in [0.4, 0.5) is 0 Å². The summed E-state index contributed by atoms with van der Waals surface area (Å²) >= 11 is 0. The summed E-state index contributed by atoms with van der Waals surface area (Å²) < 4.78 is 8.84. The van der Waals surface area contributed by atoms with E-state index in [0.717, 1.165) is 16.8 Å². The minimum absolute atomic E-state index is 0.263. The van der Waals surface area contributed by atoms with Gasteiger partial charge in [-0.25, -0.2) is 9.78 Å². The van der Waals surface area contributed by atoms with E-state index < -0.39 is 5.54 Å². The summed E-state index contributed by atoms with van der Waals surface area (Å²) in [5, 5.41) is 4.40. The van der Waals surface area contributed by atoms with Gasteiger partial charge in [0.05, 0.1) is 12.8 Å². The molecule has 0 aliphatic heterocycles. The zero-order valence-electron chi connectivity index (χ0n) is 13.6. The second-order valence-electron chi connectivity index (χ2n) is 5.63. The third-order valence-electron chi connectivity index (χ3n) is 4.22. The van der Waals surface area contributed by atoms with Crippen LogP contribution in [0.25, 0.3) is 16.8 Å². The molecule has 0 bridgehead atoms. The van der Waals surface area contributed by atoms with Crippen LogP contribution in [0.2, 0.25) is 0 Å². The van der Waals surface area contributed by atoms with E-state index in [4.69, 9.17) is 4.74 Å². The van der Waals surface area contributed by atoms with Gasteiger partial charge in [-0.1, -0.05) is 6.92 Å². The normalized spacial score (nSPS) is 13.9. The molecule has 23 heavy (non-hydrogen) atoms. The summed E-state index contributed by atoms with van der Waals surface area (Å²) in [7, 11) is 0. The highest BCUT2D eigenvalue weighted by Crippen LogP contribution is 2.26. The fourth-order valence-corrected chi connectivity index (χ4v) is 2.52. The molecule has 3 heterocycles. The van der Waals surface area contributed by atoms with Crippen LogP contribution in [0.3, 0.4) is 0 Å². The maximum absolute atomic E-state index is 12.3. The van der Waals surface area contributed by atoms with Gasteiger partial charge in [-0.3, -0.25) is 4.68 Å². The number of rotatable bonds is 5. The fourth-order valence-electron chi connectivity index (χ4n) is 2.52. The Morgan fingerprint density at radius 2 is 2.13 bits per heavy atom. The summed E-state index contributed by atoms with van der Waals surface area (Å²) in [5.41, 5.74) is 2.03. The van der Waals surface area contributed by atoms with E-state index in [-0.39, 0.29) is 5.97 Å². The molecule has 3 rings (SSSR count). The molecule has 0 fully saturated rings. The van der Waals surface area contributed by atoms with E-state index in [1.165, 1.54) is 0 Å². The van der Waals surface area contributed by atoms with Crippen LogP contribution in [0.5, 0.6) is 0 Å². The van der Waals surface area contributed by atoms with Gasteiger partial charge in [0.25, 0.3) is 0 Å². The molecule has 120 valence electrons. The van der Waals surface area contributed by atoms with Gasteiger partial charge in [0, 0.05) is 30.4 Å². The molecule has 0 saturated carbocycles. The van der Waals surface area contributed by atoms with E-state index in [2.05, 4.69) is 10.1 Å². The minimum atomic E-state index is -0.800. The molecule has 1 atom stereocenters. The van der Waals surface area contributed by atoms with E-state index in [1.807, 2.05) is 55.9 Å². The van der Waals surface area contributed by atoms with Crippen molar-refractivity contribution in [2.24, 2.45) is 0 Å². The Labute approximate surface area is 134 Å². The molecule has 0 radical (unpaired) electrons. The Kier molecular flexibility index (Phi) is 3.90. The summed E-state index contributed by atoms with van der Waals surface area (Å²) in [5.74, 6) is -0.263. The van der Waals surface area contributed by atoms with E-state index in [1.54, 1.807) is 17.1 Å². The quantitative estimate of drug-likeness (QED) is 0.680. The molecule has 3 aromatic heterocycles. The molecule has 0 aliphatic carbocycles. The monoisotopic (exact) mass is 312 g/mol. The molecule has 0 saturated heterocycles. The zero-order chi connectivity index (χ0) is 16.4. The largest absolute Gasteiger partial charge is 0.464 e. The Morgan fingerprint density at radius 1 is 1.30 bits per heavy atom. The SMILES string of the molecule is CCOC(=O)C(C)(CC)n1cc(-c2ccn3ccnc3c2)cn1. The van der Waals surface area contributed by atoms with Gasteiger partial charge in [-0.05, 0) is 38.0 Å². The van der Waals surface area contributed by atoms with Crippen LogP contribution in [0.15, 0.2) is 43.1 Å². The first-order chi connectivity index (χ1) is 11.1. The van der Waals surface area contributed by atoms with E-state index in [0.29, 0.717) is 13.0 Å². The average molecular weight is 312 g/mol. The smallest absolute Gasteiger partial charge is 0.333 e. The number of nitrogens with zero attached hydrogens (tertiary/aromatic N) is 4. The van der Waals surface area contributed by atoms with Crippen LogP contribution >= 0.6 is 0 Å². The standard InChI is InChI=1S/C17H20N4O2/c1-4-17(3,16(22)23-5-2)21-12-14(11-19-21)13-6-8-20-9-7-18-15(20)10-13/h6-12H,4-5H2,1-3H3. The Bertz CT molecular complexity index is 836. The zero-order valence-corrected chi connectivity index (χ0v) is 13.6. The molecule has 0 N–H and O–H groups in total. The van der Waals surface area contributed by atoms with Crippen molar-refractivity contribution in [2.75, 3.05) is 6.61 Å². The van der Waals surface area contributed by atoms with Crippen LogP contribution in [0, 0.1) is 0 Å². The second-order valence-corrected chi connectivity index (χ2v) is 5.63. The molecule has 1 unspecified atom stereocenters. The number of hydrogen-bond acceptors (Lipinski definition) is 4. The highest BCUT2D eigenvalue weighted by atomic mass is 16.5. The summed E-state index contributed by atoms with van der Waals surface area (Å²) in [6.07, 6.45) is 9.87. The number of pyridine rings is 1. The highest BCUT2D eigenvalue weighted by molar-refractivity contribution is 5.78. The van der Waals surface area contributed by atoms with Gasteiger partial charge in [0.1, 0.15) is 5.65 Å². The Morgan fingerprint density at radius 3 is 2.87 bits per heavy atom. The van der Waals surface area contributed by atoms with Gasteiger partial charge in [0.15, 0.2) is 5.54 Å². The number of imidazole rings is 1. The molecule has 6 nitrogen and oxygen atoms in total. The second kappa shape index (κ2) is 5.87. The van der Waals surface area contributed by atoms with Gasteiger partial charge >= 0.3 is 5.97 Å². The van der Waals surface area contributed by atoms with Crippen molar-refractivity contribution < 1.29 is 9.53 Å². The molecule has 6 heteroatoms. The number of carbonyl (C=O) groups excluding carboxylic acids is 1. The first-order valence-electron chi connectivity index (χ1n) is 7.74. The average Bonchev–Trinajstić information content (AvgIpc) is 3.22. The first kappa shape index (κ1) is 15.3. The number of esters is 1. The number of carbonyl (C=O) groups is 1. The van der Waals surface area contributed by atoms with Gasteiger partial charge in [-0.15, -0.1) is 0 Å². The predicted molar refractivity (Wildman–Crippen MR) is 87.0 cm³/mol. The molecule has 0 spiro atoms. The highest BCUT2D eigenvalue weighted by Gasteiger charge is 2.35. The van der Waals surface area contributed by atoms with Crippen molar-refractivity contribution in [3.05, 3.63) is 43.1 Å². The predicted octanol–water partition coefficient (Wildman–Crippen LogP) is 2.89. The van der Waals surface area contributed by atoms with Crippen molar-refractivity contribution in [3.8, 4) is 11.1 Å². The van der Waals surface area contributed by atoms with Crippen LogP contribution in [-0.4, -0.2) is 31.7 Å². The van der Waals surface area contributed by atoms with Gasteiger partial charge in [-0.2, -0.15) is 5.10 Å². The molecule has 0 amide bonds. The lowest BCUT2D eigenvalue weighted by molar-refractivity contribution is -0.153. The van der Waals surface area contributed by atoms with E-state index >= 15 is 0 Å². The topological polar surface area (TPSA) is 61.4 Å². The molecule has 0 aliphatic rings. The first-order valence-corrected chi connectivity index (χ1v) is 7.74. The van der Waals surface area contributed by atoms with Crippen molar-refractivity contribution >= 4 is 11.6 Å². The van der Waals surface area contributed by atoms with Crippen molar-refractivity contribution in [2.45, 2.75) is 32.7 Å². The molecule has 0 aromatic carbocycles. The maximum Gasteiger partial charge on any atom is 0.333 e. The van der Waals surface area contributed by atoms with Crippen LogP contribution in [0.1, 0.15) is 27.2 Å². The fraction of sp³-hybridized carbons (Fsp3) is 0.353. The van der Waals surface area contributed by atoms with E-state index in [9.17, 15) is 4.79 Å². The number of fused-ring (bicyclic) bond motifs is 1. The Hall–Kier alpha value is -2.63. The number of aromatic nitrogens is 4. The minimum Gasteiger partial charge on any atom is -0.464 e. The van der Waals surface area contributed by atoms with Gasteiger partial charge in [0.2, 0.25) is 0 Å². The molecular weight excluding hydrogens is 292 g/mol. The van der Waals surface area contributed by atoms with Crippen LogP contribution in [-0.2, 0) is 15.1 Å². The third kappa shape index (κ3) is 2.60. The summed E-state index contributed by atoms with van der Waals surface area (Å²) in [6.45, 7) is 5.97. The lowest BCUT2D eigenvalue weighted by Gasteiger charge is -2.26. The lowest BCUT2D eigenvalue weighted by atomic mass is 9.99. The Balaban J connectivity index is 1.96. The summed E-state index contributed by atoms with van der Waals surface area (Å²) in [4.78, 5) is 16.6. The van der Waals surface area contributed by atoms with Crippen LogP contribution < -0.4 is 0 Å². The van der Waals surface area contributed by atoms with Gasteiger partial charge < -0.3 is 9.14 Å². The lowest BCUT2D eigenvalue weighted by Crippen LogP contribution is -2.40. The molecular formula is C17H20N4O2.